The second kappa shape index (κ2) is 14.7. The normalized spacial score (nSPS) is 13.6. The summed E-state index contributed by atoms with van der Waals surface area (Å²) in [5, 5.41) is 7.84. The van der Waals surface area contributed by atoms with E-state index < -0.39 is 0 Å². The standard InChI is InChI=1S/C68H63BN2/c1-65(2,3)45-26-22-40(23-27-45)43-33-56-61-50-21-17-16-20-49(50)51(42-18-14-13-15-19-42)39-59(61)70-60-35-44(41-24-28-46(29-25-41)66(4,5)6)32-53-55-38-48(68(10,11)12)37-54-52-36-47(67(7,8)9)30-31-58(52)71(63(54)55)69(62(53)60)57(34-43)64(56)70/h13-39H,1-12H3. The summed E-state index contributed by atoms with van der Waals surface area (Å²) < 4.78 is 5.45. The van der Waals surface area contributed by atoms with Crippen LogP contribution in [0.4, 0.5) is 0 Å². The minimum absolute atomic E-state index is 0.00296. The number of nitrogens with zero attached hydrogens (tertiary/aromatic N) is 2. The van der Waals surface area contributed by atoms with Crippen LogP contribution in [0.15, 0.2) is 164 Å². The first-order valence-electron chi connectivity index (χ1n) is 25.9. The SMILES string of the molecule is CC(C)(C)c1ccc(-c2cc3c4c(c2)-n2c5cc(-c6ccccc6)c6ccccc6c5c5cc(-c6ccc(C(C)(C)C)cc6)cc(c52)B4n2c4ccc(C(C)(C)C)cc4c4cc(C(C)(C)C)cc-3c42)cc1. The van der Waals surface area contributed by atoms with Gasteiger partial charge in [-0.25, -0.2) is 0 Å². The summed E-state index contributed by atoms with van der Waals surface area (Å²) >= 11 is 0. The van der Waals surface area contributed by atoms with E-state index in [4.69, 9.17) is 0 Å². The molecule has 4 heterocycles. The average Bonchev–Trinajstić information content (AvgIpc) is 3.86. The monoisotopic (exact) mass is 919 g/mol. The van der Waals surface area contributed by atoms with Gasteiger partial charge in [-0.15, -0.1) is 0 Å². The Morgan fingerprint density at radius 3 is 1.52 bits per heavy atom. The van der Waals surface area contributed by atoms with Crippen molar-refractivity contribution in [1.82, 2.24) is 9.05 Å². The highest BCUT2D eigenvalue weighted by atomic mass is 15.0. The fraction of sp³-hybridized carbons (Fsp3) is 0.235. The van der Waals surface area contributed by atoms with Crippen molar-refractivity contribution in [2.75, 3.05) is 0 Å². The Morgan fingerprint density at radius 1 is 0.338 bits per heavy atom. The number of hydrogen-bond donors (Lipinski definition) is 0. The molecule has 0 bridgehead atoms. The second-order valence-corrected chi connectivity index (χ2v) is 25.1. The fourth-order valence-corrected chi connectivity index (χ4v) is 12.3. The smallest absolute Gasteiger partial charge is 0.333 e. The third kappa shape index (κ3) is 6.54. The molecule has 2 aliphatic heterocycles. The summed E-state index contributed by atoms with van der Waals surface area (Å²) in [5.74, 6) is 0. The summed E-state index contributed by atoms with van der Waals surface area (Å²) in [6.07, 6.45) is 0. The summed E-state index contributed by atoms with van der Waals surface area (Å²) in [6.45, 7) is 27.9. The van der Waals surface area contributed by atoms with Gasteiger partial charge >= 0.3 is 6.85 Å². The van der Waals surface area contributed by atoms with Crippen LogP contribution in [0.5, 0.6) is 0 Å². The molecule has 0 amide bonds. The summed E-state index contributed by atoms with van der Waals surface area (Å²) in [7, 11) is 0. The van der Waals surface area contributed by atoms with Crippen molar-refractivity contribution < 1.29 is 0 Å². The lowest BCUT2D eigenvalue weighted by Gasteiger charge is -2.35. The van der Waals surface area contributed by atoms with Gasteiger partial charge in [0.25, 0.3) is 0 Å². The highest BCUT2D eigenvalue weighted by Gasteiger charge is 2.43. The maximum absolute atomic E-state index is 2.76. The molecule has 2 aromatic heterocycles. The molecule has 2 aliphatic rings. The highest BCUT2D eigenvalue weighted by molar-refractivity contribution is 6.90. The molecule has 9 aromatic carbocycles. The van der Waals surface area contributed by atoms with Crippen LogP contribution in [-0.2, 0) is 21.7 Å². The highest BCUT2D eigenvalue weighted by Crippen LogP contribution is 2.49. The molecule has 0 aliphatic carbocycles. The molecule has 2 nitrogen and oxygen atoms in total. The van der Waals surface area contributed by atoms with Gasteiger partial charge in [0.05, 0.1) is 11.0 Å². The van der Waals surface area contributed by atoms with Gasteiger partial charge in [-0.3, -0.25) is 0 Å². The van der Waals surface area contributed by atoms with Crippen molar-refractivity contribution in [3.05, 3.63) is 186 Å². The predicted octanol–water partition coefficient (Wildman–Crippen LogP) is 17.2. The molecule has 71 heavy (non-hydrogen) atoms. The largest absolute Gasteiger partial charge is 0.375 e. The van der Waals surface area contributed by atoms with Crippen molar-refractivity contribution in [2.24, 2.45) is 0 Å². The van der Waals surface area contributed by atoms with Gasteiger partial charge in [0.1, 0.15) is 0 Å². The maximum Gasteiger partial charge on any atom is 0.333 e. The van der Waals surface area contributed by atoms with Gasteiger partial charge in [0, 0.05) is 43.8 Å². The summed E-state index contributed by atoms with van der Waals surface area (Å²) in [4.78, 5) is 0. The molecule has 13 rings (SSSR count). The van der Waals surface area contributed by atoms with Crippen LogP contribution >= 0.6 is 0 Å². The first-order chi connectivity index (χ1) is 33.7. The van der Waals surface area contributed by atoms with Crippen LogP contribution in [0.3, 0.4) is 0 Å². The topological polar surface area (TPSA) is 9.86 Å². The first-order valence-corrected chi connectivity index (χ1v) is 25.9. The zero-order valence-electron chi connectivity index (χ0n) is 43.6. The van der Waals surface area contributed by atoms with Crippen LogP contribution in [0.1, 0.15) is 105 Å². The first kappa shape index (κ1) is 43.9. The minimum Gasteiger partial charge on any atom is -0.375 e. The fourth-order valence-electron chi connectivity index (χ4n) is 12.3. The predicted molar refractivity (Wildman–Crippen MR) is 308 cm³/mol. The minimum atomic E-state index is -0.0845. The van der Waals surface area contributed by atoms with Gasteiger partial charge in [0.15, 0.2) is 0 Å². The lowest BCUT2D eigenvalue weighted by Crippen LogP contribution is -2.55. The summed E-state index contributed by atoms with van der Waals surface area (Å²) in [6, 6.07) is 64.1. The maximum atomic E-state index is 2.76. The number of fused-ring (bicyclic) bond motifs is 12. The van der Waals surface area contributed by atoms with Crippen molar-refractivity contribution in [2.45, 2.75) is 105 Å². The Balaban J connectivity index is 1.24. The molecule has 0 spiro atoms. The number of benzene rings is 9. The van der Waals surface area contributed by atoms with Gasteiger partial charge in [0.2, 0.25) is 0 Å². The van der Waals surface area contributed by atoms with Gasteiger partial charge in [-0.05, 0) is 153 Å². The molecule has 3 heteroatoms. The van der Waals surface area contributed by atoms with Gasteiger partial charge < -0.3 is 9.05 Å². The van der Waals surface area contributed by atoms with Crippen LogP contribution in [0.25, 0.3) is 105 Å². The summed E-state index contributed by atoms with van der Waals surface area (Å²) in [5.41, 5.74) is 24.7. The van der Waals surface area contributed by atoms with Gasteiger partial charge in [-0.1, -0.05) is 198 Å². The zero-order chi connectivity index (χ0) is 49.3. The molecule has 0 fully saturated rings. The molecule has 0 saturated heterocycles. The van der Waals surface area contributed by atoms with E-state index in [1.807, 2.05) is 0 Å². The molecule has 0 unspecified atom stereocenters. The molecule has 0 N–H and O–H groups in total. The Hall–Kier alpha value is -7.10. The van der Waals surface area contributed by atoms with Crippen molar-refractivity contribution >= 4 is 72.2 Å². The number of aromatic nitrogens is 2. The van der Waals surface area contributed by atoms with E-state index in [0.717, 1.165) is 0 Å². The Morgan fingerprint density at radius 2 is 0.901 bits per heavy atom. The van der Waals surface area contributed by atoms with Crippen molar-refractivity contribution in [3.8, 4) is 50.2 Å². The molecular weight excluding hydrogens is 856 g/mol. The van der Waals surface area contributed by atoms with Gasteiger partial charge in [-0.2, -0.15) is 0 Å². The van der Waals surface area contributed by atoms with E-state index in [1.165, 1.54) is 138 Å². The Bertz CT molecular complexity index is 4040. The third-order valence-electron chi connectivity index (χ3n) is 16.3. The second-order valence-electron chi connectivity index (χ2n) is 25.1. The molecular formula is C68H63BN2. The van der Waals surface area contributed by atoms with Crippen LogP contribution in [0, 0.1) is 0 Å². The lowest BCUT2D eigenvalue weighted by atomic mass is 9.45. The molecule has 0 atom stereocenters. The van der Waals surface area contributed by atoms with Crippen LogP contribution in [0.2, 0.25) is 0 Å². The lowest BCUT2D eigenvalue weighted by molar-refractivity contribution is 0.590. The van der Waals surface area contributed by atoms with E-state index in [-0.39, 0.29) is 28.5 Å². The van der Waals surface area contributed by atoms with E-state index in [1.54, 1.807) is 0 Å². The van der Waals surface area contributed by atoms with E-state index in [9.17, 15) is 0 Å². The zero-order valence-corrected chi connectivity index (χ0v) is 43.6. The molecule has 0 saturated carbocycles. The number of hydrogen-bond acceptors (Lipinski definition) is 0. The van der Waals surface area contributed by atoms with Crippen LogP contribution in [-0.4, -0.2) is 15.9 Å². The Labute approximate surface area is 420 Å². The molecule has 0 radical (unpaired) electrons. The number of rotatable bonds is 3. The molecule has 11 aromatic rings. The quantitative estimate of drug-likeness (QED) is 0.156. The van der Waals surface area contributed by atoms with Crippen molar-refractivity contribution in [3.63, 3.8) is 0 Å². The van der Waals surface area contributed by atoms with E-state index in [0.29, 0.717) is 0 Å². The van der Waals surface area contributed by atoms with Crippen LogP contribution < -0.4 is 10.9 Å². The average molecular weight is 919 g/mol. The van der Waals surface area contributed by atoms with E-state index >= 15 is 0 Å². The van der Waals surface area contributed by atoms with Crippen molar-refractivity contribution in [1.29, 1.82) is 0 Å². The van der Waals surface area contributed by atoms with E-state index in [2.05, 4.69) is 256 Å². The molecule has 348 valence electrons. The Kier molecular flexibility index (Phi) is 9.11. The third-order valence-corrected chi connectivity index (χ3v) is 16.3.